The van der Waals surface area contributed by atoms with Crippen molar-refractivity contribution < 1.29 is 27.5 Å². The number of esters is 1. The van der Waals surface area contributed by atoms with E-state index in [1.807, 2.05) is 0 Å². The van der Waals surface area contributed by atoms with Crippen LogP contribution in [0.2, 0.25) is 0 Å². The molecule has 1 amide bonds. The number of carbonyl (C=O) groups excluding carboxylic acids is 2. The normalized spacial score (nSPS) is 17.4. The van der Waals surface area contributed by atoms with Gasteiger partial charge in [-0.3, -0.25) is 9.59 Å². The molecule has 1 saturated heterocycles. The zero-order chi connectivity index (χ0) is 19.2. The Hall–Kier alpha value is -2.41. The van der Waals surface area contributed by atoms with E-state index in [1.54, 1.807) is 0 Å². The lowest BCUT2D eigenvalue weighted by Gasteiger charge is -2.32. The van der Waals surface area contributed by atoms with E-state index >= 15 is 0 Å². The zero-order valence-electron chi connectivity index (χ0n) is 14.3. The van der Waals surface area contributed by atoms with Gasteiger partial charge >= 0.3 is 5.97 Å². The zero-order valence-corrected chi connectivity index (χ0v) is 15.1. The molecule has 0 aromatic heterocycles. The number of sulfonamides is 1. The Balaban J connectivity index is 2.13. The summed E-state index contributed by atoms with van der Waals surface area (Å²) >= 11 is 0. The minimum atomic E-state index is -3.79. The number of rotatable bonds is 6. The topological polar surface area (TPSA) is 102 Å². The predicted octanol–water partition coefficient (Wildman–Crippen LogP) is 0.00220. The number of morpholine rings is 1. The molecule has 26 heavy (non-hydrogen) atoms. The summed E-state index contributed by atoms with van der Waals surface area (Å²) in [7, 11) is -2.50. The summed E-state index contributed by atoms with van der Waals surface area (Å²) in [5, 5.41) is 0. The fourth-order valence-corrected chi connectivity index (χ4v) is 3.48. The number of nitrogens with zero attached hydrogens (tertiary/aromatic N) is 1. The minimum Gasteiger partial charge on any atom is -0.469 e. The van der Waals surface area contributed by atoms with Gasteiger partial charge in [-0.2, -0.15) is 4.72 Å². The highest BCUT2D eigenvalue weighted by Crippen LogP contribution is 2.16. The van der Waals surface area contributed by atoms with E-state index in [1.165, 1.54) is 36.3 Å². The van der Waals surface area contributed by atoms with Crippen LogP contribution in [0.5, 0.6) is 0 Å². The second-order valence-electron chi connectivity index (χ2n) is 5.58. The van der Waals surface area contributed by atoms with Gasteiger partial charge in [-0.1, -0.05) is 12.0 Å². The number of amides is 1. The fourth-order valence-electron chi connectivity index (χ4n) is 2.50. The number of hydrogen-bond acceptors (Lipinski definition) is 6. The molecule has 1 aromatic rings. The SMILES string of the molecule is C#CCNS(=O)(=O)c1cccc(C(=O)N2CCO[C@H](CC(=O)OC)C2)c1. The molecule has 9 heteroatoms. The van der Waals surface area contributed by atoms with Gasteiger partial charge in [0.05, 0.1) is 37.7 Å². The lowest BCUT2D eigenvalue weighted by Crippen LogP contribution is -2.46. The first-order chi connectivity index (χ1) is 12.4. The van der Waals surface area contributed by atoms with Crippen LogP contribution in [0.15, 0.2) is 29.2 Å². The molecule has 8 nitrogen and oxygen atoms in total. The number of hydrogen-bond donors (Lipinski definition) is 1. The molecule has 140 valence electrons. The Labute approximate surface area is 152 Å². The first-order valence-electron chi connectivity index (χ1n) is 7.88. The van der Waals surface area contributed by atoms with Crippen molar-refractivity contribution in [2.45, 2.75) is 17.4 Å². The molecule has 1 atom stereocenters. The third-order valence-corrected chi connectivity index (χ3v) is 5.20. The summed E-state index contributed by atoms with van der Waals surface area (Å²) in [4.78, 5) is 25.6. The fraction of sp³-hybridized carbons (Fsp3) is 0.412. The first kappa shape index (κ1) is 19.9. The highest BCUT2D eigenvalue weighted by Gasteiger charge is 2.27. The summed E-state index contributed by atoms with van der Waals surface area (Å²) < 4.78 is 36.6. The van der Waals surface area contributed by atoms with Crippen LogP contribution in [0.25, 0.3) is 0 Å². The van der Waals surface area contributed by atoms with Crippen LogP contribution in [0, 0.1) is 12.3 Å². The van der Waals surface area contributed by atoms with Crippen LogP contribution < -0.4 is 4.72 Å². The lowest BCUT2D eigenvalue weighted by molar-refractivity contribution is -0.145. The summed E-state index contributed by atoms with van der Waals surface area (Å²) in [5.41, 5.74) is 0.229. The van der Waals surface area contributed by atoms with Crippen LogP contribution in [0.1, 0.15) is 16.8 Å². The Morgan fingerprint density at radius 3 is 2.92 bits per heavy atom. The lowest BCUT2D eigenvalue weighted by atomic mass is 10.1. The average molecular weight is 380 g/mol. The molecule has 0 aliphatic carbocycles. The van der Waals surface area contributed by atoms with Crippen LogP contribution >= 0.6 is 0 Å². The smallest absolute Gasteiger partial charge is 0.308 e. The molecule has 1 aliphatic rings. The number of methoxy groups -OCH3 is 1. The molecule has 0 saturated carbocycles. The molecule has 0 unspecified atom stereocenters. The summed E-state index contributed by atoms with van der Waals surface area (Å²) in [6.45, 7) is 0.720. The van der Waals surface area contributed by atoms with Gasteiger partial charge < -0.3 is 14.4 Å². The molecule has 0 spiro atoms. The van der Waals surface area contributed by atoms with E-state index in [9.17, 15) is 18.0 Å². The molecular weight excluding hydrogens is 360 g/mol. The van der Waals surface area contributed by atoms with Crippen molar-refractivity contribution in [2.24, 2.45) is 0 Å². The number of nitrogens with one attached hydrogen (secondary N) is 1. The first-order valence-corrected chi connectivity index (χ1v) is 9.36. The van der Waals surface area contributed by atoms with Crippen molar-refractivity contribution in [3.05, 3.63) is 29.8 Å². The van der Waals surface area contributed by atoms with Crippen LogP contribution in [0.3, 0.4) is 0 Å². The predicted molar refractivity (Wildman–Crippen MR) is 92.7 cm³/mol. The highest BCUT2D eigenvalue weighted by atomic mass is 32.2. The van der Waals surface area contributed by atoms with E-state index < -0.39 is 22.1 Å². The third kappa shape index (κ3) is 5.05. The van der Waals surface area contributed by atoms with Gasteiger partial charge in [0.25, 0.3) is 5.91 Å². The van der Waals surface area contributed by atoms with Crippen molar-refractivity contribution in [3.8, 4) is 12.3 Å². The number of carbonyl (C=O) groups is 2. The molecule has 0 radical (unpaired) electrons. The minimum absolute atomic E-state index is 0.0435. The van der Waals surface area contributed by atoms with E-state index in [-0.39, 0.29) is 42.5 Å². The highest BCUT2D eigenvalue weighted by molar-refractivity contribution is 7.89. The molecule has 1 aliphatic heterocycles. The molecule has 1 heterocycles. The average Bonchev–Trinajstić information content (AvgIpc) is 2.66. The summed E-state index contributed by atoms with van der Waals surface area (Å²) in [5.74, 6) is 1.44. The standard InChI is InChI=1S/C17H20N2O6S/c1-3-7-18-26(22,23)15-6-4-5-13(10-15)17(21)19-8-9-25-14(12-19)11-16(20)24-2/h1,4-6,10,14,18H,7-9,11-12H2,2H3/t14-/m1/s1. The second kappa shape index (κ2) is 8.80. The maximum absolute atomic E-state index is 12.7. The van der Waals surface area contributed by atoms with Gasteiger partial charge in [-0.15, -0.1) is 6.42 Å². The Bertz CT molecular complexity index is 815. The Morgan fingerprint density at radius 1 is 1.46 bits per heavy atom. The largest absolute Gasteiger partial charge is 0.469 e. The second-order valence-corrected chi connectivity index (χ2v) is 7.35. The summed E-state index contributed by atoms with van der Waals surface area (Å²) in [6, 6.07) is 5.71. The van der Waals surface area contributed by atoms with E-state index in [0.717, 1.165) is 0 Å². The molecule has 2 rings (SSSR count). The van der Waals surface area contributed by atoms with Gasteiger partial charge in [0.1, 0.15) is 0 Å². The quantitative estimate of drug-likeness (QED) is 0.551. The van der Waals surface area contributed by atoms with E-state index in [2.05, 4.69) is 15.4 Å². The van der Waals surface area contributed by atoms with Crippen molar-refractivity contribution in [2.75, 3.05) is 33.4 Å². The van der Waals surface area contributed by atoms with E-state index in [4.69, 9.17) is 11.2 Å². The number of ether oxygens (including phenoxy) is 2. The molecular formula is C17H20N2O6S. The van der Waals surface area contributed by atoms with Gasteiger partial charge in [0.2, 0.25) is 10.0 Å². The third-order valence-electron chi connectivity index (χ3n) is 3.80. The Morgan fingerprint density at radius 2 is 2.23 bits per heavy atom. The van der Waals surface area contributed by atoms with Crippen molar-refractivity contribution in [1.29, 1.82) is 0 Å². The van der Waals surface area contributed by atoms with Gasteiger partial charge in [0.15, 0.2) is 0 Å². The number of terminal acetylenes is 1. The van der Waals surface area contributed by atoms with Gasteiger partial charge in [0, 0.05) is 18.7 Å². The summed E-state index contributed by atoms with van der Waals surface area (Å²) in [6.07, 6.45) is 4.66. The van der Waals surface area contributed by atoms with Crippen molar-refractivity contribution in [3.63, 3.8) is 0 Å². The monoisotopic (exact) mass is 380 g/mol. The number of benzene rings is 1. The molecule has 1 aromatic carbocycles. The maximum Gasteiger partial charge on any atom is 0.308 e. The molecule has 1 fully saturated rings. The van der Waals surface area contributed by atoms with Crippen LogP contribution in [-0.2, 0) is 24.3 Å². The Kier molecular flexibility index (Phi) is 6.74. The van der Waals surface area contributed by atoms with Gasteiger partial charge in [-0.05, 0) is 18.2 Å². The van der Waals surface area contributed by atoms with Crippen LogP contribution in [-0.4, -0.2) is 64.6 Å². The molecule has 1 N–H and O–H groups in total. The molecule has 0 bridgehead atoms. The van der Waals surface area contributed by atoms with E-state index in [0.29, 0.717) is 6.54 Å². The van der Waals surface area contributed by atoms with Crippen molar-refractivity contribution >= 4 is 21.9 Å². The van der Waals surface area contributed by atoms with Crippen molar-refractivity contribution in [1.82, 2.24) is 9.62 Å². The van der Waals surface area contributed by atoms with Gasteiger partial charge in [-0.25, -0.2) is 8.42 Å². The van der Waals surface area contributed by atoms with Crippen LogP contribution in [0.4, 0.5) is 0 Å². The maximum atomic E-state index is 12.7.